The summed E-state index contributed by atoms with van der Waals surface area (Å²) in [7, 11) is 0. The second kappa shape index (κ2) is 7.06. The lowest BCUT2D eigenvalue weighted by Gasteiger charge is -2.31. The molecule has 1 saturated heterocycles. The average molecular weight is 365 g/mol. The molecule has 27 heavy (non-hydrogen) atoms. The Morgan fingerprint density at radius 2 is 2.00 bits per heavy atom. The van der Waals surface area contributed by atoms with E-state index in [9.17, 15) is 9.59 Å². The van der Waals surface area contributed by atoms with E-state index in [-0.39, 0.29) is 17.8 Å². The van der Waals surface area contributed by atoms with Crippen LogP contribution in [-0.4, -0.2) is 36.5 Å². The monoisotopic (exact) mass is 365 g/mol. The third-order valence-corrected chi connectivity index (χ3v) is 5.35. The summed E-state index contributed by atoms with van der Waals surface area (Å²) in [4.78, 5) is 26.9. The number of rotatable bonds is 3. The van der Waals surface area contributed by atoms with E-state index < -0.39 is 0 Å². The van der Waals surface area contributed by atoms with Gasteiger partial charge in [0.2, 0.25) is 0 Å². The van der Waals surface area contributed by atoms with Gasteiger partial charge >= 0.3 is 5.97 Å². The molecule has 1 atom stereocenters. The fourth-order valence-corrected chi connectivity index (χ4v) is 3.91. The van der Waals surface area contributed by atoms with E-state index in [0.717, 1.165) is 40.1 Å². The van der Waals surface area contributed by atoms with Crippen molar-refractivity contribution in [1.82, 2.24) is 4.90 Å². The molecule has 0 radical (unpaired) electrons. The molecular weight excluding hydrogens is 342 g/mol. The van der Waals surface area contributed by atoms with Crippen LogP contribution in [-0.2, 0) is 9.53 Å². The van der Waals surface area contributed by atoms with E-state index in [2.05, 4.69) is 0 Å². The van der Waals surface area contributed by atoms with Crippen molar-refractivity contribution >= 4 is 33.6 Å². The van der Waals surface area contributed by atoms with Gasteiger partial charge in [-0.05, 0) is 32.1 Å². The number of likely N-dealkylation sites (tertiary alicyclic amines) is 1. The SMILES string of the molecule is CCOC(=O)C1CCCN(C(=O)c2oc3c(ccc4ccccc43)c2C)C1. The van der Waals surface area contributed by atoms with Crippen LogP contribution in [0.1, 0.15) is 35.9 Å². The fourth-order valence-electron chi connectivity index (χ4n) is 3.91. The summed E-state index contributed by atoms with van der Waals surface area (Å²) in [5, 5.41) is 3.04. The van der Waals surface area contributed by atoms with Crippen LogP contribution >= 0.6 is 0 Å². The number of ether oxygens (including phenoxy) is 1. The van der Waals surface area contributed by atoms with Gasteiger partial charge in [0, 0.05) is 29.4 Å². The lowest BCUT2D eigenvalue weighted by atomic mass is 9.97. The summed E-state index contributed by atoms with van der Waals surface area (Å²) >= 11 is 0. The molecule has 140 valence electrons. The van der Waals surface area contributed by atoms with E-state index in [4.69, 9.17) is 9.15 Å². The number of benzene rings is 2. The molecule has 1 aliphatic rings. The molecule has 1 aliphatic heterocycles. The Kier molecular flexibility index (Phi) is 4.60. The van der Waals surface area contributed by atoms with E-state index in [1.165, 1.54) is 0 Å². The molecule has 3 aromatic rings. The normalized spacial score (nSPS) is 17.4. The van der Waals surface area contributed by atoms with Gasteiger partial charge in [-0.3, -0.25) is 9.59 Å². The van der Waals surface area contributed by atoms with E-state index in [1.54, 1.807) is 11.8 Å². The van der Waals surface area contributed by atoms with E-state index >= 15 is 0 Å². The van der Waals surface area contributed by atoms with E-state index in [0.29, 0.717) is 25.5 Å². The number of nitrogens with zero attached hydrogens (tertiary/aromatic N) is 1. The number of amides is 1. The molecule has 0 aliphatic carbocycles. The van der Waals surface area contributed by atoms with Crippen molar-refractivity contribution < 1.29 is 18.7 Å². The Morgan fingerprint density at radius 1 is 1.19 bits per heavy atom. The molecule has 2 aromatic carbocycles. The van der Waals surface area contributed by atoms with Gasteiger partial charge in [-0.1, -0.05) is 36.4 Å². The highest BCUT2D eigenvalue weighted by Crippen LogP contribution is 2.33. The first-order valence-corrected chi connectivity index (χ1v) is 9.47. The highest BCUT2D eigenvalue weighted by Gasteiger charge is 2.32. The fraction of sp³-hybridized carbons (Fsp3) is 0.364. The number of furan rings is 1. The van der Waals surface area contributed by atoms with Crippen molar-refractivity contribution in [2.45, 2.75) is 26.7 Å². The van der Waals surface area contributed by atoms with E-state index in [1.807, 2.05) is 43.3 Å². The summed E-state index contributed by atoms with van der Waals surface area (Å²) in [5.41, 5.74) is 1.59. The predicted molar refractivity (Wildman–Crippen MR) is 104 cm³/mol. The Balaban J connectivity index is 1.67. The molecule has 1 fully saturated rings. The summed E-state index contributed by atoms with van der Waals surface area (Å²) in [6, 6.07) is 12.0. The third-order valence-electron chi connectivity index (χ3n) is 5.35. The Hall–Kier alpha value is -2.82. The van der Waals surface area contributed by atoms with Crippen molar-refractivity contribution in [2.24, 2.45) is 5.92 Å². The number of esters is 1. The maximum atomic E-state index is 13.1. The minimum Gasteiger partial charge on any atom is -0.466 e. The van der Waals surface area contributed by atoms with Gasteiger partial charge in [-0.15, -0.1) is 0 Å². The van der Waals surface area contributed by atoms with Crippen LogP contribution in [0.5, 0.6) is 0 Å². The predicted octanol–water partition coefficient (Wildman–Crippen LogP) is 4.31. The third kappa shape index (κ3) is 3.07. The van der Waals surface area contributed by atoms with Crippen LogP contribution in [0.15, 0.2) is 40.8 Å². The number of piperidine rings is 1. The first-order valence-electron chi connectivity index (χ1n) is 9.47. The van der Waals surface area contributed by atoms with Crippen LogP contribution in [0.4, 0.5) is 0 Å². The van der Waals surface area contributed by atoms with Crippen LogP contribution < -0.4 is 0 Å². The first-order chi connectivity index (χ1) is 13.1. The molecule has 0 bridgehead atoms. The Bertz CT molecular complexity index is 1020. The summed E-state index contributed by atoms with van der Waals surface area (Å²) in [6.45, 7) is 5.09. The topological polar surface area (TPSA) is 59.8 Å². The van der Waals surface area contributed by atoms with Gasteiger partial charge in [-0.25, -0.2) is 0 Å². The quantitative estimate of drug-likeness (QED) is 0.649. The minimum absolute atomic E-state index is 0.151. The smallest absolute Gasteiger partial charge is 0.310 e. The number of fused-ring (bicyclic) bond motifs is 3. The van der Waals surface area contributed by atoms with Gasteiger partial charge in [0.25, 0.3) is 5.91 Å². The highest BCUT2D eigenvalue weighted by molar-refractivity contribution is 6.08. The second-order valence-electron chi connectivity index (χ2n) is 7.06. The van der Waals surface area contributed by atoms with Crippen molar-refractivity contribution in [3.8, 4) is 0 Å². The molecule has 0 saturated carbocycles. The number of hydrogen-bond donors (Lipinski definition) is 0. The van der Waals surface area contributed by atoms with Gasteiger partial charge in [0.05, 0.1) is 12.5 Å². The second-order valence-corrected chi connectivity index (χ2v) is 7.06. The summed E-state index contributed by atoms with van der Waals surface area (Å²) < 4.78 is 11.2. The summed E-state index contributed by atoms with van der Waals surface area (Å²) in [6.07, 6.45) is 1.55. The van der Waals surface area contributed by atoms with Gasteiger partial charge < -0.3 is 14.1 Å². The molecule has 1 unspecified atom stereocenters. The van der Waals surface area contributed by atoms with Crippen molar-refractivity contribution in [2.75, 3.05) is 19.7 Å². The number of aryl methyl sites for hydroxylation is 1. The number of carbonyl (C=O) groups excluding carboxylic acids is 2. The zero-order valence-electron chi connectivity index (χ0n) is 15.7. The molecule has 1 aromatic heterocycles. The Labute approximate surface area is 157 Å². The largest absolute Gasteiger partial charge is 0.466 e. The molecule has 1 amide bonds. The number of carbonyl (C=O) groups is 2. The zero-order chi connectivity index (χ0) is 19.0. The minimum atomic E-state index is -0.256. The molecular formula is C22H23NO4. The molecule has 0 N–H and O–H groups in total. The van der Waals surface area contributed by atoms with Gasteiger partial charge in [0.15, 0.2) is 5.76 Å². The van der Waals surface area contributed by atoms with Crippen LogP contribution in [0.25, 0.3) is 21.7 Å². The molecule has 5 nitrogen and oxygen atoms in total. The Morgan fingerprint density at radius 3 is 2.81 bits per heavy atom. The number of hydrogen-bond acceptors (Lipinski definition) is 4. The molecule has 0 spiro atoms. The van der Waals surface area contributed by atoms with Crippen molar-refractivity contribution in [1.29, 1.82) is 0 Å². The molecule has 4 rings (SSSR count). The van der Waals surface area contributed by atoms with Gasteiger partial charge in [0.1, 0.15) is 5.58 Å². The van der Waals surface area contributed by atoms with Crippen molar-refractivity contribution in [3.05, 3.63) is 47.7 Å². The zero-order valence-corrected chi connectivity index (χ0v) is 15.7. The maximum Gasteiger partial charge on any atom is 0.310 e. The van der Waals surface area contributed by atoms with Crippen molar-refractivity contribution in [3.63, 3.8) is 0 Å². The first kappa shape index (κ1) is 17.6. The lowest BCUT2D eigenvalue weighted by Crippen LogP contribution is -2.42. The lowest BCUT2D eigenvalue weighted by molar-refractivity contribution is -0.149. The van der Waals surface area contributed by atoms with Crippen LogP contribution in [0, 0.1) is 12.8 Å². The van der Waals surface area contributed by atoms with Crippen LogP contribution in [0.3, 0.4) is 0 Å². The highest BCUT2D eigenvalue weighted by atomic mass is 16.5. The summed E-state index contributed by atoms with van der Waals surface area (Å²) in [5.74, 6) is -0.261. The molecule has 2 heterocycles. The average Bonchev–Trinajstić information content (AvgIpc) is 3.05. The van der Waals surface area contributed by atoms with Crippen LogP contribution in [0.2, 0.25) is 0 Å². The van der Waals surface area contributed by atoms with Gasteiger partial charge in [-0.2, -0.15) is 0 Å². The molecule has 5 heteroatoms. The maximum absolute atomic E-state index is 13.1. The standard InChI is InChI=1S/C22H23NO4/c1-3-26-22(25)16-8-6-12-23(13-16)21(24)19-14(2)17-11-10-15-7-4-5-9-18(15)20(17)27-19/h4-5,7,9-11,16H,3,6,8,12-13H2,1-2H3.